The van der Waals surface area contributed by atoms with Gasteiger partial charge in [-0.2, -0.15) is 0 Å². The summed E-state index contributed by atoms with van der Waals surface area (Å²) in [5, 5.41) is 6.17. The Balaban J connectivity index is 1.62. The fourth-order valence-electron chi connectivity index (χ4n) is 3.18. The highest BCUT2D eigenvalue weighted by atomic mass is 32.1. The monoisotopic (exact) mass is 432 g/mol. The third-order valence-corrected chi connectivity index (χ3v) is 5.04. The standard InChI is InChI=1S/C26H28N2O2S/c1-19(2)17-18-30-23-15-13-22(14-16-23)27-26(31)28-25(29)24(20-9-5-3-6-10-20)21-11-7-4-8-12-21/h3-16,19,24H,17-18H2,1-2H3,(H2,27,28,29,31). The second kappa shape index (κ2) is 11.3. The van der Waals surface area contributed by atoms with Crippen molar-refractivity contribution in [3.8, 4) is 5.75 Å². The first-order valence-electron chi connectivity index (χ1n) is 10.5. The van der Waals surface area contributed by atoms with Crippen molar-refractivity contribution in [2.75, 3.05) is 11.9 Å². The Bertz CT molecular complexity index is 934. The first-order chi connectivity index (χ1) is 15.0. The van der Waals surface area contributed by atoms with Crippen molar-refractivity contribution < 1.29 is 9.53 Å². The molecule has 0 aliphatic heterocycles. The molecule has 0 aliphatic rings. The Hall–Kier alpha value is -3.18. The van der Waals surface area contributed by atoms with Crippen LogP contribution in [0.4, 0.5) is 5.69 Å². The number of benzene rings is 3. The number of carbonyl (C=O) groups is 1. The molecule has 0 saturated carbocycles. The van der Waals surface area contributed by atoms with E-state index in [2.05, 4.69) is 24.5 Å². The largest absolute Gasteiger partial charge is 0.494 e. The summed E-state index contributed by atoms with van der Waals surface area (Å²) in [5.41, 5.74) is 2.62. The van der Waals surface area contributed by atoms with Gasteiger partial charge in [-0.25, -0.2) is 0 Å². The molecule has 3 rings (SSSR count). The highest BCUT2D eigenvalue weighted by Gasteiger charge is 2.23. The topological polar surface area (TPSA) is 50.4 Å². The number of carbonyl (C=O) groups excluding carboxylic acids is 1. The van der Waals surface area contributed by atoms with Gasteiger partial charge in [0.25, 0.3) is 0 Å². The highest BCUT2D eigenvalue weighted by Crippen LogP contribution is 2.25. The number of hydrogen-bond acceptors (Lipinski definition) is 3. The Labute approximate surface area is 189 Å². The fraction of sp³-hybridized carbons (Fsp3) is 0.231. The van der Waals surface area contributed by atoms with Gasteiger partial charge in [-0.1, -0.05) is 74.5 Å². The van der Waals surface area contributed by atoms with Crippen molar-refractivity contribution in [2.24, 2.45) is 5.92 Å². The van der Waals surface area contributed by atoms with Crippen molar-refractivity contribution in [3.05, 3.63) is 96.1 Å². The lowest BCUT2D eigenvalue weighted by molar-refractivity contribution is -0.120. The van der Waals surface area contributed by atoms with Crippen LogP contribution in [0.2, 0.25) is 0 Å². The van der Waals surface area contributed by atoms with Crippen LogP contribution in [-0.2, 0) is 4.79 Å². The summed E-state index contributed by atoms with van der Waals surface area (Å²) >= 11 is 5.39. The molecule has 4 nitrogen and oxygen atoms in total. The predicted octanol–water partition coefficient (Wildman–Crippen LogP) is 5.76. The van der Waals surface area contributed by atoms with Gasteiger partial charge in [0.1, 0.15) is 5.75 Å². The summed E-state index contributed by atoms with van der Waals surface area (Å²) in [7, 11) is 0. The molecule has 3 aromatic carbocycles. The van der Waals surface area contributed by atoms with E-state index in [-0.39, 0.29) is 11.0 Å². The lowest BCUT2D eigenvalue weighted by Crippen LogP contribution is -2.37. The number of ether oxygens (including phenoxy) is 1. The van der Waals surface area contributed by atoms with Crippen LogP contribution in [0.5, 0.6) is 5.75 Å². The average molecular weight is 433 g/mol. The van der Waals surface area contributed by atoms with Gasteiger partial charge in [0.2, 0.25) is 5.91 Å². The molecule has 31 heavy (non-hydrogen) atoms. The van der Waals surface area contributed by atoms with E-state index in [1.165, 1.54) is 0 Å². The molecular formula is C26H28N2O2S. The maximum atomic E-state index is 13.1. The molecule has 5 heteroatoms. The minimum Gasteiger partial charge on any atom is -0.494 e. The second-order valence-corrected chi connectivity index (χ2v) is 8.16. The van der Waals surface area contributed by atoms with Crippen LogP contribution in [0.15, 0.2) is 84.9 Å². The van der Waals surface area contributed by atoms with Gasteiger partial charge < -0.3 is 15.4 Å². The lowest BCUT2D eigenvalue weighted by Gasteiger charge is -2.18. The van der Waals surface area contributed by atoms with Gasteiger partial charge in [0.05, 0.1) is 12.5 Å². The molecule has 0 spiro atoms. The van der Waals surface area contributed by atoms with Crippen molar-refractivity contribution in [2.45, 2.75) is 26.2 Å². The Morgan fingerprint density at radius 1 is 0.871 bits per heavy atom. The number of anilines is 1. The zero-order valence-corrected chi connectivity index (χ0v) is 18.7. The van der Waals surface area contributed by atoms with Crippen molar-refractivity contribution in [3.63, 3.8) is 0 Å². The van der Waals surface area contributed by atoms with E-state index < -0.39 is 5.92 Å². The van der Waals surface area contributed by atoms with Gasteiger partial charge in [-0.05, 0) is 59.9 Å². The Kier molecular flexibility index (Phi) is 8.19. The first-order valence-corrected chi connectivity index (χ1v) is 10.9. The zero-order chi connectivity index (χ0) is 22.1. The maximum absolute atomic E-state index is 13.1. The molecule has 0 saturated heterocycles. The molecule has 0 atom stereocenters. The second-order valence-electron chi connectivity index (χ2n) is 7.75. The van der Waals surface area contributed by atoms with Crippen molar-refractivity contribution >= 4 is 28.9 Å². The summed E-state index contributed by atoms with van der Waals surface area (Å²) in [6, 6.07) is 26.9. The number of rotatable bonds is 8. The normalized spacial score (nSPS) is 10.7. The molecule has 0 fully saturated rings. The molecule has 1 amide bonds. The quantitative estimate of drug-likeness (QED) is 0.445. The first kappa shape index (κ1) is 22.5. The maximum Gasteiger partial charge on any atom is 0.238 e. The molecule has 0 unspecified atom stereocenters. The summed E-state index contributed by atoms with van der Waals surface area (Å²) in [6.07, 6.45) is 1.01. The van der Waals surface area contributed by atoms with Crippen LogP contribution in [0.1, 0.15) is 37.3 Å². The van der Waals surface area contributed by atoms with Gasteiger partial charge in [0.15, 0.2) is 5.11 Å². The highest BCUT2D eigenvalue weighted by molar-refractivity contribution is 7.80. The molecule has 2 N–H and O–H groups in total. The van der Waals surface area contributed by atoms with E-state index in [4.69, 9.17) is 17.0 Å². The van der Waals surface area contributed by atoms with E-state index in [0.717, 1.165) is 29.0 Å². The smallest absolute Gasteiger partial charge is 0.238 e. The Morgan fingerprint density at radius 2 is 1.42 bits per heavy atom. The number of thiocarbonyl (C=S) groups is 1. The molecule has 3 aromatic rings. The zero-order valence-electron chi connectivity index (χ0n) is 17.9. The van der Waals surface area contributed by atoms with Crippen LogP contribution in [0.3, 0.4) is 0 Å². The fourth-order valence-corrected chi connectivity index (χ4v) is 3.40. The van der Waals surface area contributed by atoms with Crippen LogP contribution in [-0.4, -0.2) is 17.6 Å². The van der Waals surface area contributed by atoms with Gasteiger partial charge in [-0.15, -0.1) is 0 Å². The summed E-state index contributed by atoms with van der Waals surface area (Å²) < 4.78 is 5.74. The van der Waals surface area contributed by atoms with Crippen molar-refractivity contribution in [1.29, 1.82) is 0 Å². The molecule has 0 heterocycles. The van der Waals surface area contributed by atoms with E-state index in [0.29, 0.717) is 12.5 Å². The summed E-state index contributed by atoms with van der Waals surface area (Å²) in [4.78, 5) is 13.1. The van der Waals surface area contributed by atoms with E-state index in [1.54, 1.807) is 0 Å². The van der Waals surface area contributed by atoms with Crippen LogP contribution < -0.4 is 15.4 Å². The molecule has 160 valence electrons. The number of amides is 1. The third kappa shape index (κ3) is 6.93. The molecule has 0 radical (unpaired) electrons. The van der Waals surface area contributed by atoms with Crippen molar-refractivity contribution in [1.82, 2.24) is 5.32 Å². The number of hydrogen-bond donors (Lipinski definition) is 2. The van der Waals surface area contributed by atoms with Crippen LogP contribution in [0.25, 0.3) is 0 Å². The summed E-state index contributed by atoms with van der Waals surface area (Å²) in [5.74, 6) is 0.800. The van der Waals surface area contributed by atoms with Crippen LogP contribution >= 0.6 is 12.2 Å². The minimum absolute atomic E-state index is 0.177. The van der Waals surface area contributed by atoms with E-state index >= 15 is 0 Å². The molecule has 0 bridgehead atoms. The summed E-state index contributed by atoms with van der Waals surface area (Å²) in [6.45, 7) is 5.04. The molecule has 0 aliphatic carbocycles. The molecule has 0 aromatic heterocycles. The predicted molar refractivity (Wildman–Crippen MR) is 130 cm³/mol. The molecular weight excluding hydrogens is 404 g/mol. The van der Waals surface area contributed by atoms with Crippen LogP contribution in [0, 0.1) is 5.92 Å². The van der Waals surface area contributed by atoms with E-state index in [1.807, 2.05) is 84.9 Å². The van der Waals surface area contributed by atoms with Gasteiger partial charge in [-0.3, -0.25) is 4.79 Å². The Morgan fingerprint density at radius 3 is 1.94 bits per heavy atom. The third-order valence-electron chi connectivity index (χ3n) is 4.84. The SMILES string of the molecule is CC(C)CCOc1ccc(NC(=S)NC(=O)C(c2ccccc2)c2ccccc2)cc1. The average Bonchev–Trinajstić information content (AvgIpc) is 2.76. The number of nitrogens with one attached hydrogen (secondary N) is 2. The van der Waals surface area contributed by atoms with Gasteiger partial charge >= 0.3 is 0 Å². The minimum atomic E-state index is -0.445. The van der Waals surface area contributed by atoms with Gasteiger partial charge in [0, 0.05) is 5.69 Å². The van der Waals surface area contributed by atoms with E-state index in [9.17, 15) is 4.79 Å². The lowest BCUT2D eigenvalue weighted by atomic mass is 9.90.